The lowest BCUT2D eigenvalue weighted by Gasteiger charge is -2.27. The summed E-state index contributed by atoms with van der Waals surface area (Å²) in [5, 5.41) is 2.33. The molecule has 9 nitrogen and oxygen atoms in total. The Balaban J connectivity index is 1.48. The molecule has 3 fully saturated rings. The topological polar surface area (TPSA) is 86.6 Å². The van der Waals surface area contributed by atoms with Crippen LogP contribution in [0, 0.1) is 0 Å². The molecule has 0 radical (unpaired) electrons. The van der Waals surface area contributed by atoms with E-state index in [-0.39, 0.29) is 23.6 Å². The van der Waals surface area contributed by atoms with Gasteiger partial charge in [0.25, 0.3) is 0 Å². The molecule has 0 aliphatic carbocycles. The molecule has 0 saturated carbocycles. The number of imidazole rings is 1. The number of ether oxygens (including phenoxy) is 3. The molecule has 164 valence electrons. The number of aromatic nitrogens is 4. The van der Waals surface area contributed by atoms with Gasteiger partial charge in [0.05, 0.1) is 12.4 Å². The van der Waals surface area contributed by atoms with Gasteiger partial charge in [-0.25, -0.2) is 9.99 Å². The third-order valence-electron chi connectivity index (χ3n) is 5.74. The Kier molecular flexibility index (Phi) is 5.57. The van der Waals surface area contributed by atoms with Gasteiger partial charge in [-0.2, -0.15) is 21.7 Å². The molecular formula is C19H27ClN6O3S. The number of nitrogens with zero attached hydrogens (tertiary/aromatic N) is 5. The molecule has 5 rings (SSSR count). The van der Waals surface area contributed by atoms with Crippen molar-refractivity contribution < 1.29 is 14.2 Å². The average Bonchev–Trinajstić information content (AvgIpc) is 3.34. The lowest BCUT2D eigenvalue weighted by Crippen LogP contribution is -2.35. The zero-order valence-electron chi connectivity index (χ0n) is 17.4. The third-order valence-corrected chi connectivity index (χ3v) is 6.58. The van der Waals surface area contributed by atoms with Crippen molar-refractivity contribution in [1.82, 2.24) is 24.5 Å². The van der Waals surface area contributed by atoms with E-state index in [1.54, 1.807) is 18.1 Å². The van der Waals surface area contributed by atoms with Gasteiger partial charge in [-0.1, -0.05) is 6.42 Å². The van der Waals surface area contributed by atoms with Crippen molar-refractivity contribution in [3.63, 3.8) is 0 Å². The maximum Gasteiger partial charge on any atom is 0.226 e. The van der Waals surface area contributed by atoms with Crippen molar-refractivity contribution >= 4 is 40.3 Å². The Morgan fingerprint density at radius 3 is 2.73 bits per heavy atom. The predicted molar refractivity (Wildman–Crippen MR) is 115 cm³/mol. The smallest absolute Gasteiger partial charge is 0.226 e. The summed E-state index contributed by atoms with van der Waals surface area (Å²) in [6, 6.07) is 0. The van der Waals surface area contributed by atoms with Gasteiger partial charge in [0.2, 0.25) is 5.28 Å². The fraction of sp³-hybridized carbons (Fsp3) is 0.737. The van der Waals surface area contributed by atoms with Crippen LogP contribution in [0.5, 0.6) is 0 Å². The zero-order chi connectivity index (χ0) is 20.9. The number of fused-ring (bicyclic) bond motifs is 2. The molecule has 1 N–H and O–H groups in total. The summed E-state index contributed by atoms with van der Waals surface area (Å²) in [6.07, 6.45) is 6.51. The van der Waals surface area contributed by atoms with Crippen LogP contribution >= 0.6 is 23.4 Å². The molecule has 3 saturated heterocycles. The number of nitrogens with one attached hydrogen (secondary N) is 1. The lowest BCUT2D eigenvalue weighted by molar-refractivity contribution is -0.193. The van der Waals surface area contributed by atoms with Gasteiger partial charge < -0.3 is 19.6 Å². The van der Waals surface area contributed by atoms with E-state index in [1.807, 2.05) is 18.4 Å². The molecule has 4 atom stereocenters. The van der Waals surface area contributed by atoms with Crippen molar-refractivity contribution in [3.05, 3.63) is 11.6 Å². The number of rotatable bonds is 5. The molecule has 11 heteroatoms. The van der Waals surface area contributed by atoms with Gasteiger partial charge in [0.1, 0.15) is 12.2 Å². The van der Waals surface area contributed by atoms with Crippen molar-refractivity contribution in [2.45, 2.75) is 63.4 Å². The zero-order valence-corrected chi connectivity index (χ0v) is 18.9. The molecule has 0 spiro atoms. The summed E-state index contributed by atoms with van der Waals surface area (Å²) in [6.45, 7) is 5.81. The van der Waals surface area contributed by atoms with Gasteiger partial charge >= 0.3 is 0 Å². The van der Waals surface area contributed by atoms with Crippen LogP contribution < -0.4 is 5.43 Å². The number of hydrogen-bond donors (Lipinski definition) is 1. The van der Waals surface area contributed by atoms with Crippen molar-refractivity contribution in [2.24, 2.45) is 0 Å². The monoisotopic (exact) mass is 454 g/mol. The Hall–Kier alpha value is -1.17. The van der Waals surface area contributed by atoms with Gasteiger partial charge in [0, 0.05) is 18.8 Å². The molecule has 0 unspecified atom stereocenters. The van der Waals surface area contributed by atoms with Crippen LogP contribution in [0.15, 0.2) is 6.33 Å². The van der Waals surface area contributed by atoms with Gasteiger partial charge in [-0.15, -0.1) is 0 Å². The number of hydrogen-bond acceptors (Lipinski definition) is 9. The molecular weight excluding hydrogens is 428 g/mol. The second kappa shape index (κ2) is 8.07. The minimum absolute atomic E-state index is 0.0718. The quantitative estimate of drug-likeness (QED) is 0.684. The molecule has 0 aromatic carbocycles. The van der Waals surface area contributed by atoms with E-state index in [0.29, 0.717) is 17.0 Å². The third kappa shape index (κ3) is 3.78. The normalized spacial score (nSPS) is 31.3. The predicted octanol–water partition coefficient (Wildman–Crippen LogP) is 3.07. The number of halogens is 1. The standard InChI is InChI=1S/C19H27ClN6O3S/c1-19(2)28-13-11(9-30-3)27-17(14(13)29-19)26-10-21-12-15(22-18(20)23-16(12)26)24-25-7-5-4-6-8-25/h10-11,13-14,17H,4-9H2,1-3H3,(H,22,23,24)/t11-,13-,14-,17-/m1/s1. The first-order valence-electron chi connectivity index (χ1n) is 10.4. The van der Waals surface area contributed by atoms with Crippen LogP contribution in [0.3, 0.4) is 0 Å². The highest BCUT2D eigenvalue weighted by Gasteiger charge is 2.55. The van der Waals surface area contributed by atoms with E-state index in [4.69, 9.17) is 25.8 Å². The summed E-state index contributed by atoms with van der Waals surface area (Å²) in [5.74, 6) is 0.781. The van der Waals surface area contributed by atoms with E-state index < -0.39 is 12.0 Å². The first kappa shape index (κ1) is 20.7. The van der Waals surface area contributed by atoms with Gasteiger partial charge in [-0.3, -0.25) is 4.57 Å². The highest BCUT2D eigenvalue weighted by atomic mass is 35.5. The number of piperidine rings is 1. The van der Waals surface area contributed by atoms with Crippen molar-refractivity contribution in [2.75, 3.05) is 30.5 Å². The summed E-state index contributed by atoms with van der Waals surface area (Å²) >= 11 is 8.02. The molecule has 2 aromatic heterocycles. The lowest BCUT2D eigenvalue weighted by atomic mass is 10.1. The van der Waals surface area contributed by atoms with Crippen molar-refractivity contribution in [1.29, 1.82) is 0 Å². The molecule has 30 heavy (non-hydrogen) atoms. The molecule has 5 heterocycles. The molecule has 3 aliphatic rings. The van der Waals surface area contributed by atoms with E-state index in [0.717, 1.165) is 31.7 Å². The maximum absolute atomic E-state index is 6.36. The highest BCUT2D eigenvalue weighted by molar-refractivity contribution is 7.98. The second-order valence-corrected chi connectivity index (χ2v) is 9.66. The number of thioether (sulfide) groups is 1. The molecule has 0 bridgehead atoms. The summed E-state index contributed by atoms with van der Waals surface area (Å²) in [7, 11) is 0. The van der Waals surface area contributed by atoms with Crippen LogP contribution in [0.1, 0.15) is 39.3 Å². The fourth-order valence-electron chi connectivity index (χ4n) is 4.49. The summed E-state index contributed by atoms with van der Waals surface area (Å²) < 4.78 is 20.6. The van der Waals surface area contributed by atoms with E-state index in [1.165, 1.54) is 6.42 Å². The Morgan fingerprint density at radius 2 is 1.97 bits per heavy atom. The first-order chi connectivity index (χ1) is 14.4. The van der Waals surface area contributed by atoms with Gasteiger partial charge in [0.15, 0.2) is 29.0 Å². The SMILES string of the molecule is CSC[C@H]1O[C@@H](n2cnc3c(NN4CCCCC4)nc(Cl)nc32)[C@@H]2OC(C)(C)O[C@@H]21. The Morgan fingerprint density at radius 1 is 1.20 bits per heavy atom. The van der Waals surface area contributed by atoms with E-state index >= 15 is 0 Å². The summed E-state index contributed by atoms with van der Waals surface area (Å²) in [4.78, 5) is 13.5. The average molecular weight is 455 g/mol. The second-order valence-electron chi connectivity index (χ2n) is 8.41. The minimum Gasteiger partial charge on any atom is -0.348 e. The first-order valence-corrected chi connectivity index (χ1v) is 12.1. The van der Waals surface area contributed by atoms with Gasteiger partial charge in [-0.05, 0) is 44.5 Å². The minimum atomic E-state index is -0.655. The fourth-order valence-corrected chi connectivity index (χ4v) is 5.25. The van der Waals surface area contributed by atoms with Crippen LogP contribution in [-0.2, 0) is 14.2 Å². The van der Waals surface area contributed by atoms with E-state index in [2.05, 4.69) is 31.6 Å². The number of hydrazine groups is 1. The maximum atomic E-state index is 6.36. The van der Waals surface area contributed by atoms with Crippen LogP contribution in [0.25, 0.3) is 11.2 Å². The van der Waals surface area contributed by atoms with Crippen LogP contribution in [0.2, 0.25) is 5.28 Å². The Labute approximate surface area is 184 Å². The highest BCUT2D eigenvalue weighted by Crippen LogP contribution is 2.44. The molecule has 2 aromatic rings. The van der Waals surface area contributed by atoms with Crippen LogP contribution in [0.4, 0.5) is 5.82 Å². The molecule has 0 amide bonds. The summed E-state index contributed by atoms with van der Waals surface area (Å²) in [5.41, 5.74) is 4.66. The van der Waals surface area contributed by atoms with Crippen LogP contribution in [-0.4, -0.2) is 73.7 Å². The van der Waals surface area contributed by atoms with E-state index in [9.17, 15) is 0 Å². The molecule has 3 aliphatic heterocycles. The van der Waals surface area contributed by atoms with Crippen molar-refractivity contribution in [3.8, 4) is 0 Å². The number of anilines is 1. The largest absolute Gasteiger partial charge is 0.348 e. The Bertz CT molecular complexity index is 921.